The van der Waals surface area contributed by atoms with Gasteiger partial charge in [-0.2, -0.15) is 0 Å². The number of ether oxygens (including phenoxy) is 1. The van der Waals surface area contributed by atoms with Crippen LogP contribution in [-0.4, -0.2) is 24.1 Å². The predicted octanol–water partition coefficient (Wildman–Crippen LogP) is 1.66. The van der Waals surface area contributed by atoms with E-state index in [-0.39, 0.29) is 10.8 Å². The van der Waals surface area contributed by atoms with Crippen LogP contribution in [-0.2, 0) is 6.54 Å². The molecule has 0 unspecified atom stereocenters. The standard InChI is InChI=1S/C14H16N2O3S/c1-10-9-20-14(18)16(10)7-8-19-12-5-3-11(4-6-12)13(17)15-2/h3-6,9H,7-8H2,1-2H3,(H,15,17). The van der Waals surface area contributed by atoms with E-state index in [4.69, 9.17) is 4.74 Å². The highest BCUT2D eigenvalue weighted by Gasteiger charge is 2.04. The van der Waals surface area contributed by atoms with Gasteiger partial charge in [0.25, 0.3) is 5.91 Å². The van der Waals surface area contributed by atoms with Gasteiger partial charge in [-0.15, -0.1) is 0 Å². The normalized spacial score (nSPS) is 10.3. The van der Waals surface area contributed by atoms with Gasteiger partial charge in [0.2, 0.25) is 0 Å². The minimum Gasteiger partial charge on any atom is -0.492 e. The van der Waals surface area contributed by atoms with Gasteiger partial charge < -0.3 is 10.1 Å². The molecule has 1 N–H and O–H groups in total. The second kappa shape index (κ2) is 6.38. The number of carbonyl (C=O) groups is 1. The second-order valence-corrected chi connectivity index (χ2v) is 5.07. The van der Waals surface area contributed by atoms with Crippen LogP contribution < -0.4 is 14.9 Å². The average molecular weight is 292 g/mol. The van der Waals surface area contributed by atoms with E-state index in [9.17, 15) is 9.59 Å². The highest BCUT2D eigenvalue weighted by Crippen LogP contribution is 2.12. The van der Waals surface area contributed by atoms with E-state index >= 15 is 0 Å². The van der Waals surface area contributed by atoms with Crippen molar-refractivity contribution in [2.24, 2.45) is 0 Å². The molecule has 0 aliphatic carbocycles. The van der Waals surface area contributed by atoms with Crippen molar-refractivity contribution in [3.63, 3.8) is 0 Å². The Morgan fingerprint density at radius 1 is 1.35 bits per heavy atom. The molecule has 0 aliphatic heterocycles. The summed E-state index contributed by atoms with van der Waals surface area (Å²) >= 11 is 1.19. The predicted molar refractivity (Wildman–Crippen MR) is 78.6 cm³/mol. The van der Waals surface area contributed by atoms with Crippen molar-refractivity contribution in [1.29, 1.82) is 0 Å². The molecule has 0 bridgehead atoms. The molecular formula is C14H16N2O3S. The molecule has 0 fully saturated rings. The summed E-state index contributed by atoms with van der Waals surface area (Å²) in [6.45, 7) is 2.83. The molecule has 0 saturated carbocycles. The number of hydrogen-bond acceptors (Lipinski definition) is 4. The molecule has 0 radical (unpaired) electrons. The first-order valence-electron chi connectivity index (χ1n) is 6.21. The zero-order valence-electron chi connectivity index (χ0n) is 11.4. The number of amides is 1. The summed E-state index contributed by atoms with van der Waals surface area (Å²) in [6, 6.07) is 6.90. The van der Waals surface area contributed by atoms with Gasteiger partial charge in [-0.05, 0) is 31.2 Å². The molecule has 1 heterocycles. The van der Waals surface area contributed by atoms with Crippen LogP contribution in [0.3, 0.4) is 0 Å². The average Bonchev–Trinajstić information content (AvgIpc) is 2.79. The number of nitrogens with one attached hydrogen (secondary N) is 1. The lowest BCUT2D eigenvalue weighted by atomic mass is 10.2. The third-order valence-corrected chi connectivity index (χ3v) is 3.78. The third kappa shape index (κ3) is 3.27. The lowest BCUT2D eigenvalue weighted by Gasteiger charge is -2.08. The molecule has 106 valence electrons. The van der Waals surface area contributed by atoms with E-state index in [1.165, 1.54) is 11.3 Å². The number of thiazole rings is 1. The van der Waals surface area contributed by atoms with E-state index in [0.717, 1.165) is 5.69 Å². The van der Waals surface area contributed by atoms with Crippen LogP contribution in [0.5, 0.6) is 5.75 Å². The lowest BCUT2D eigenvalue weighted by molar-refractivity contribution is 0.0963. The Labute approximate surface area is 120 Å². The van der Waals surface area contributed by atoms with Gasteiger partial charge in [0, 0.05) is 23.7 Å². The molecule has 1 aromatic carbocycles. The van der Waals surface area contributed by atoms with Gasteiger partial charge in [-0.25, -0.2) is 0 Å². The molecular weight excluding hydrogens is 276 g/mol. The van der Waals surface area contributed by atoms with Crippen LogP contribution in [0.2, 0.25) is 0 Å². The molecule has 20 heavy (non-hydrogen) atoms. The summed E-state index contributed by atoms with van der Waals surface area (Å²) in [5, 5.41) is 4.39. The maximum Gasteiger partial charge on any atom is 0.307 e. The molecule has 1 amide bonds. The SMILES string of the molecule is CNC(=O)c1ccc(OCCn2c(C)csc2=O)cc1. The van der Waals surface area contributed by atoms with E-state index < -0.39 is 0 Å². The Bertz CT molecular complexity index is 643. The zero-order valence-corrected chi connectivity index (χ0v) is 12.2. The number of rotatable bonds is 5. The highest BCUT2D eigenvalue weighted by molar-refractivity contribution is 7.07. The Balaban J connectivity index is 1.92. The number of benzene rings is 1. The number of hydrogen-bond donors (Lipinski definition) is 1. The molecule has 2 aromatic rings. The summed E-state index contributed by atoms with van der Waals surface area (Å²) in [5.74, 6) is 0.551. The largest absolute Gasteiger partial charge is 0.492 e. The topological polar surface area (TPSA) is 60.3 Å². The molecule has 5 nitrogen and oxygen atoms in total. The fourth-order valence-corrected chi connectivity index (χ4v) is 2.54. The first-order chi connectivity index (χ1) is 9.61. The van der Waals surface area contributed by atoms with Gasteiger partial charge in [-0.3, -0.25) is 14.2 Å². The monoisotopic (exact) mass is 292 g/mol. The maximum absolute atomic E-state index is 11.5. The molecule has 0 aliphatic rings. The number of aromatic nitrogens is 1. The fraction of sp³-hybridized carbons (Fsp3) is 0.286. The molecule has 1 aromatic heterocycles. The minimum atomic E-state index is -0.128. The summed E-state index contributed by atoms with van der Waals surface area (Å²) in [7, 11) is 1.59. The van der Waals surface area contributed by atoms with Gasteiger partial charge in [0.15, 0.2) is 0 Å². The van der Waals surface area contributed by atoms with Crippen molar-refractivity contribution in [1.82, 2.24) is 9.88 Å². The molecule has 0 atom stereocenters. The van der Waals surface area contributed by atoms with Crippen LogP contribution in [0.1, 0.15) is 16.1 Å². The summed E-state index contributed by atoms with van der Waals surface area (Å²) in [4.78, 5) is 22.9. The van der Waals surface area contributed by atoms with Crippen molar-refractivity contribution < 1.29 is 9.53 Å². The number of carbonyl (C=O) groups excluding carboxylic acids is 1. The molecule has 0 spiro atoms. The van der Waals surface area contributed by atoms with Crippen molar-refractivity contribution in [2.45, 2.75) is 13.5 Å². The van der Waals surface area contributed by atoms with Crippen molar-refractivity contribution in [3.05, 3.63) is 50.6 Å². The van der Waals surface area contributed by atoms with Crippen molar-refractivity contribution in [2.75, 3.05) is 13.7 Å². The van der Waals surface area contributed by atoms with E-state index in [1.807, 2.05) is 12.3 Å². The van der Waals surface area contributed by atoms with E-state index in [2.05, 4.69) is 5.32 Å². The maximum atomic E-state index is 11.5. The smallest absolute Gasteiger partial charge is 0.307 e. The lowest BCUT2D eigenvalue weighted by Crippen LogP contribution is -2.19. The van der Waals surface area contributed by atoms with Crippen LogP contribution >= 0.6 is 11.3 Å². The van der Waals surface area contributed by atoms with Crippen LogP contribution in [0.25, 0.3) is 0 Å². The summed E-state index contributed by atoms with van der Waals surface area (Å²) in [6.07, 6.45) is 0. The van der Waals surface area contributed by atoms with Gasteiger partial charge in [0.05, 0.1) is 6.54 Å². The third-order valence-electron chi connectivity index (χ3n) is 2.90. The Morgan fingerprint density at radius 2 is 2.05 bits per heavy atom. The van der Waals surface area contributed by atoms with Gasteiger partial charge in [0.1, 0.15) is 12.4 Å². The van der Waals surface area contributed by atoms with E-state index in [1.54, 1.807) is 35.9 Å². The zero-order chi connectivity index (χ0) is 14.5. The highest BCUT2D eigenvalue weighted by atomic mass is 32.1. The first-order valence-corrected chi connectivity index (χ1v) is 7.09. The van der Waals surface area contributed by atoms with Crippen molar-refractivity contribution in [3.8, 4) is 5.75 Å². The van der Waals surface area contributed by atoms with Crippen molar-refractivity contribution >= 4 is 17.2 Å². The molecule has 0 saturated heterocycles. The van der Waals surface area contributed by atoms with Gasteiger partial charge in [-0.1, -0.05) is 11.3 Å². The Kier molecular flexibility index (Phi) is 4.57. The quantitative estimate of drug-likeness (QED) is 0.911. The van der Waals surface area contributed by atoms with Crippen LogP contribution in [0.4, 0.5) is 0 Å². The number of nitrogens with zero attached hydrogens (tertiary/aromatic N) is 1. The summed E-state index contributed by atoms with van der Waals surface area (Å²) in [5.41, 5.74) is 1.53. The first kappa shape index (κ1) is 14.3. The Morgan fingerprint density at radius 3 is 2.60 bits per heavy atom. The fourth-order valence-electron chi connectivity index (χ4n) is 1.78. The minimum absolute atomic E-state index is 0.0288. The van der Waals surface area contributed by atoms with Crippen LogP contribution in [0, 0.1) is 6.92 Å². The number of aryl methyl sites for hydroxylation is 1. The summed E-state index contributed by atoms with van der Waals surface area (Å²) < 4.78 is 7.25. The molecule has 2 rings (SSSR count). The van der Waals surface area contributed by atoms with E-state index in [0.29, 0.717) is 24.5 Å². The second-order valence-electron chi connectivity index (χ2n) is 4.25. The van der Waals surface area contributed by atoms with Crippen LogP contribution in [0.15, 0.2) is 34.4 Å². The molecule has 6 heteroatoms. The van der Waals surface area contributed by atoms with Gasteiger partial charge >= 0.3 is 4.87 Å². The Hall–Kier alpha value is -2.08.